The highest BCUT2D eigenvalue weighted by Crippen LogP contribution is 2.36. The van der Waals surface area contributed by atoms with E-state index in [4.69, 9.17) is 9.97 Å². The molecule has 1 aliphatic carbocycles. The number of nitrogens with zero attached hydrogens (tertiary/aromatic N) is 6. The molecule has 0 N–H and O–H groups in total. The van der Waals surface area contributed by atoms with E-state index in [1.54, 1.807) is 23.2 Å². The number of aryl methyl sites for hydroxylation is 1. The Labute approximate surface area is 151 Å². The van der Waals surface area contributed by atoms with Gasteiger partial charge in [-0.15, -0.1) is 5.10 Å². The highest BCUT2D eigenvalue weighted by molar-refractivity contribution is 5.94. The predicted molar refractivity (Wildman–Crippen MR) is 101 cm³/mol. The van der Waals surface area contributed by atoms with Crippen molar-refractivity contribution < 1.29 is 0 Å². The Morgan fingerprint density at radius 2 is 1.92 bits per heavy atom. The van der Waals surface area contributed by atoms with Crippen LogP contribution in [0.3, 0.4) is 0 Å². The van der Waals surface area contributed by atoms with Crippen molar-refractivity contribution in [2.24, 2.45) is 0 Å². The summed E-state index contributed by atoms with van der Waals surface area (Å²) in [5, 5.41) is 5.74. The molecule has 0 aliphatic heterocycles. The van der Waals surface area contributed by atoms with E-state index >= 15 is 0 Å². The van der Waals surface area contributed by atoms with Gasteiger partial charge in [0.15, 0.2) is 11.5 Å². The third kappa shape index (κ3) is 2.25. The molecule has 5 rings (SSSR count). The summed E-state index contributed by atoms with van der Waals surface area (Å²) in [7, 11) is 0. The molecule has 0 spiro atoms. The van der Waals surface area contributed by atoms with Crippen molar-refractivity contribution in [2.45, 2.75) is 52.0 Å². The minimum Gasteiger partial charge on any atom is -0.326 e. The van der Waals surface area contributed by atoms with Crippen LogP contribution < -0.4 is 0 Å². The molecule has 0 aromatic carbocycles. The van der Waals surface area contributed by atoms with Crippen molar-refractivity contribution >= 4 is 16.7 Å². The second-order valence-electron chi connectivity index (χ2n) is 7.26. The van der Waals surface area contributed by atoms with E-state index in [2.05, 4.69) is 28.5 Å². The zero-order valence-corrected chi connectivity index (χ0v) is 15.2. The molecule has 0 bridgehead atoms. The molecule has 4 aromatic rings. The van der Waals surface area contributed by atoms with E-state index in [1.165, 1.54) is 43.4 Å². The van der Waals surface area contributed by atoms with Gasteiger partial charge in [0.25, 0.3) is 0 Å². The Morgan fingerprint density at radius 3 is 2.69 bits per heavy atom. The number of aromatic nitrogens is 6. The molecule has 1 fully saturated rings. The topological polar surface area (TPSA) is 60.9 Å². The van der Waals surface area contributed by atoms with Crippen LogP contribution in [0.5, 0.6) is 0 Å². The van der Waals surface area contributed by atoms with Crippen LogP contribution in [-0.4, -0.2) is 29.1 Å². The molecule has 1 saturated carbocycles. The first kappa shape index (κ1) is 15.5. The Morgan fingerprint density at radius 1 is 1.08 bits per heavy atom. The Balaban J connectivity index is 1.74. The van der Waals surface area contributed by atoms with Crippen LogP contribution in [-0.2, 0) is 0 Å². The molecule has 1 aliphatic rings. The van der Waals surface area contributed by atoms with Gasteiger partial charge in [0.05, 0.1) is 5.39 Å². The van der Waals surface area contributed by atoms with Gasteiger partial charge in [0, 0.05) is 29.7 Å². The maximum absolute atomic E-state index is 4.83. The second kappa shape index (κ2) is 5.90. The first-order chi connectivity index (χ1) is 12.7. The third-order valence-electron chi connectivity index (χ3n) is 5.73. The fraction of sp³-hybridized carbons (Fsp3) is 0.400. The fourth-order valence-corrected chi connectivity index (χ4v) is 4.29. The molecule has 0 unspecified atom stereocenters. The zero-order valence-electron chi connectivity index (χ0n) is 15.2. The minimum atomic E-state index is 0.551. The van der Waals surface area contributed by atoms with E-state index < -0.39 is 0 Å². The number of pyridine rings is 1. The van der Waals surface area contributed by atoms with Crippen LogP contribution in [0, 0.1) is 13.8 Å². The van der Waals surface area contributed by atoms with E-state index in [1.807, 2.05) is 12.1 Å². The lowest BCUT2D eigenvalue weighted by molar-refractivity contribution is 0.355. The molecule has 0 radical (unpaired) electrons. The summed E-state index contributed by atoms with van der Waals surface area (Å²) in [6.07, 6.45) is 11.8. The van der Waals surface area contributed by atoms with Gasteiger partial charge in [-0.05, 0) is 44.4 Å². The normalized spacial score (nSPS) is 15.9. The van der Waals surface area contributed by atoms with Crippen LogP contribution in [0.2, 0.25) is 0 Å². The van der Waals surface area contributed by atoms with Crippen molar-refractivity contribution in [3.8, 4) is 11.4 Å². The van der Waals surface area contributed by atoms with Gasteiger partial charge in [-0.3, -0.25) is 4.98 Å². The molecule has 6 nitrogen and oxygen atoms in total. The lowest BCUT2D eigenvalue weighted by atomic mass is 9.95. The SMILES string of the molecule is Cc1c(C)n(C2CCCCC2)c2ncn3nc(-c4cccnc4)nc3c12. The van der Waals surface area contributed by atoms with Crippen LogP contribution >= 0.6 is 0 Å². The smallest absolute Gasteiger partial charge is 0.183 e. The van der Waals surface area contributed by atoms with E-state index in [9.17, 15) is 0 Å². The molecule has 6 heteroatoms. The first-order valence-electron chi connectivity index (χ1n) is 9.37. The Bertz CT molecular complexity index is 1090. The predicted octanol–water partition coefficient (Wildman–Crippen LogP) is 4.26. The highest BCUT2D eigenvalue weighted by atomic mass is 15.3. The van der Waals surface area contributed by atoms with E-state index in [-0.39, 0.29) is 0 Å². The molecule has 132 valence electrons. The molecule has 0 saturated heterocycles. The second-order valence-corrected chi connectivity index (χ2v) is 7.26. The monoisotopic (exact) mass is 346 g/mol. The number of hydrogen-bond donors (Lipinski definition) is 0. The number of fused-ring (bicyclic) bond motifs is 3. The van der Waals surface area contributed by atoms with Gasteiger partial charge < -0.3 is 4.57 Å². The summed E-state index contributed by atoms with van der Waals surface area (Å²) in [4.78, 5) is 13.8. The summed E-state index contributed by atoms with van der Waals surface area (Å²) >= 11 is 0. The lowest BCUT2D eigenvalue weighted by Gasteiger charge is -2.25. The van der Waals surface area contributed by atoms with Crippen molar-refractivity contribution in [3.63, 3.8) is 0 Å². The lowest BCUT2D eigenvalue weighted by Crippen LogP contribution is -2.14. The zero-order chi connectivity index (χ0) is 17.7. The van der Waals surface area contributed by atoms with Crippen LogP contribution in [0.15, 0.2) is 30.9 Å². The van der Waals surface area contributed by atoms with Crippen molar-refractivity contribution in [1.82, 2.24) is 29.1 Å². The molecular formula is C20H22N6. The fourth-order valence-electron chi connectivity index (χ4n) is 4.29. The highest BCUT2D eigenvalue weighted by Gasteiger charge is 2.24. The first-order valence-corrected chi connectivity index (χ1v) is 9.37. The summed E-state index contributed by atoms with van der Waals surface area (Å²) in [6, 6.07) is 4.44. The Hall–Kier alpha value is -2.76. The quantitative estimate of drug-likeness (QED) is 0.544. The number of hydrogen-bond acceptors (Lipinski definition) is 4. The van der Waals surface area contributed by atoms with Crippen LogP contribution in [0.1, 0.15) is 49.4 Å². The molecule has 4 aromatic heterocycles. The Kier molecular flexibility index (Phi) is 3.51. The van der Waals surface area contributed by atoms with Gasteiger partial charge in [-0.2, -0.15) is 0 Å². The van der Waals surface area contributed by atoms with Gasteiger partial charge >= 0.3 is 0 Å². The van der Waals surface area contributed by atoms with Crippen LogP contribution in [0.4, 0.5) is 0 Å². The molecular weight excluding hydrogens is 324 g/mol. The van der Waals surface area contributed by atoms with Gasteiger partial charge in [-0.25, -0.2) is 14.5 Å². The maximum atomic E-state index is 4.83. The van der Waals surface area contributed by atoms with E-state index in [0.717, 1.165) is 22.2 Å². The van der Waals surface area contributed by atoms with Crippen molar-refractivity contribution in [1.29, 1.82) is 0 Å². The van der Waals surface area contributed by atoms with Gasteiger partial charge in [0.2, 0.25) is 0 Å². The maximum Gasteiger partial charge on any atom is 0.183 e. The molecule has 0 atom stereocenters. The molecule has 4 heterocycles. The molecule has 26 heavy (non-hydrogen) atoms. The average molecular weight is 346 g/mol. The summed E-state index contributed by atoms with van der Waals surface area (Å²) in [6.45, 7) is 4.39. The summed E-state index contributed by atoms with van der Waals surface area (Å²) in [5.74, 6) is 0.690. The van der Waals surface area contributed by atoms with E-state index in [0.29, 0.717) is 11.9 Å². The van der Waals surface area contributed by atoms with Gasteiger partial charge in [0.1, 0.15) is 12.0 Å². The summed E-state index contributed by atoms with van der Waals surface area (Å²) < 4.78 is 4.24. The summed E-state index contributed by atoms with van der Waals surface area (Å²) in [5.41, 5.74) is 5.41. The standard InChI is InChI=1S/C20H22N6/c1-13-14(2)26(16-8-4-3-5-9-16)19-17(13)20-23-18(24-25(20)12-22-19)15-7-6-10-21-11-15/h6-7,10-12,16H,3-5,8-9H2,1-2H3. The largest absolute Gasteiger partial charge is 0.326 e. The van der Waals surface area contributed by atoms with Crippen molar-refractivity contribution in [3.05, 3.63) is 42.1 Å². The minimum absolute atomic E-state index is 0.551. The number of rotatable bonds is 2. The average Bonchev–Trinajstić information content (AvgIpc) is 3.23. The van der Waals surface area contributed by atoms with Crippen LogP contribution in [0.25, 0.3) is 28.1 Å². The van der Waals surface area contributed by atoms with Gasteiger partial charge in [-0.1, -0.05) is 19.3 Å². The molecule has 0 amide bonds. The third-order valence-corrected chi connectivity index (χ3v) is 5.73. The van der Waals surface area contributed by atoms with Crippen molar-refractivity contribution in [2.75, 3.05) is 0 Å².